The number of hydrogen-bond acceptors (Lipinski definition) is 1. The zero-order chi connectivity index (χ0) is 19.9. The molecule has 0 saturated carbocycles. The van der Waals surface area contributed by atoms with Crippen molar-refractivity contribution in [1.29, 1.82) is 0 Å². The molecular weight excluding hydrogens is 356 g/mol. The standard InChI is InChI=1S/C26H26N2O/c29-26(17-9-14-22-18-27-25-16-8-7-15-23(22)25)28-19-24(20-10-3-1-4-11-20)21-12-5-2-6-13-21/h1-8,10-13,15-16,18,24,27H,9,14,17,19H2,(H,28,29). The fourth-order valence-electron chi connectivity index (χ4n) is 3.88. The predicted octanol–water partition coefficient (Wildman–Crippen LogP) is 5.44. The third-order valence-corrected chi connectivity index (χ3v) is 5.43. The van der Waals surface area contributed by atoms with Crippen LogP contribution in [0.1, 0.15) is 35.4 Å². The van der Waals surface area contributed by atoms with Crippen LogP contribution in [-0.2, 0) is 11.2 Å². The molecule has 0 atom stereocenters. The minimum Gasteiger partial charge on any atom is -0.361 e. The van der Waals surface area contributed by atoms with Crippen molar-refractivity contribution in [1.82, 2.24) is 10.3 Å². The molecule has 1 aromatic heterocycles. The van der Waals surface area contributed by atoms with Gasteiger partial charge in [-0.15, -0.1) is 0 Å². The largest absolute Gasteiger partial charge is 0.361 e. The summed E-state index contributed by atoms with van der Waals surface area (Å²) in [5.74, 6) is 0.275. The molecule has 3 nitrogen and oxygen atoms in total. The molecule has 1 heterocycles. The summed E-state index contributed by atoms with van der Waals surface area (Å²) < 4.78 is 0. The lowest BCUT2D eigenvalue weighted by atomic mass is 9.91. The smallest absolute Gasteiger partial charge is 0.220 e. The van der Waals surface area contributed by atoms with Crippen LogP contribution in [0.3, 0.4) is 0 Å². The fourth-order valence-corrected chi connectivity index (χ4v) is 3.88. The van der Waals surface area contributed by atoms with Crippen LogP contribution in [0.15, 0.2) is 91.1 Å². The lowest BCUT2D eigenvalue weighted by Gasteiger charge is -2.19. The van der Waals surface area contributed by atoms with Crippen LogP contribution in [0.5, 0.6) is 0 Å². The average Bonchev–Trinajstić information content (AvgIpc) is 3.19. The van der Waals surface area contributed by atoms with Crippen molar-refractivity contribution in [2.75, 3.05) is 6.54 Å². The summed E-state index contributed by atoms with van der Waals surface area (Å²) in [7, 11) is 0. The molecule has 0 bridgehead atoms. The number of nitrogens with one attached hydrogen (secondary N) is 2. The van der Waals surface area contributed by atoms with Crippen molar-refractivity contribution >= 4 is 16.8 Å². The number of fused-ring (bicyclic) bond motifs is 1. The maximum Gasteiger partial charge on any atom is 0.220 e. The van der Waals surface area contributed by atoms with Gasteiger partial charge in [-0.25, -0.2) is 0 Å². The molecule has 0 aliphatic heterocycles. The highest BCUT2D eigenvalue weighted by atomic mass is 16.1. The number of aromatic amines is 1. The summed E-state index contributed by atoms with van der Waals surface area (Å²) in [5.41, 5.74) is 4.87. The van der Waals surface area contributed by atoms with E-state index in [1.54, 1.807) is 0 Å². The van der Waals surface area contributed by atoms with Gasteiger partial charge < -0.3 is 10.3 Å². The number of carbonyl (C=O) groups is 1. The molecule has 4 rings (SSSR count). The SMILES string of the molecule is O=C(CCCc1c[nH]c2ccccc12)NCC(c1ccccc1)c1ccccc1. The third kappa shape index (κ3) is 4.75. The van der Waals surface area contributed by atoms with Crippen LogP contribution in [-0.4, -0.2) is 17.4 Å². The van der Waals surface area contributed by atoms with Gasteiger partial charge in [-0.05, 0) is 35.6 Å². The maximum absolute atomic E-state index is 12.5. The molecule has 0 aliphatic rings. The van der Waals surface area contributed by atoms with E-state index in [-0.39, 0.29) is 11.8 Å². The quantitative estimate of drug-likeness (QED) is 0.419. The Hall–Kier alpha value is -3.33. The second-order valence-corrected chi connectivity index (χ2v) is 7.39. The van der Waals surface area contributed by atoms with Crippen LogP contribution in [0.4, 0.5) is 0 Å². The molecule has 29 heavy (non-hydrogen) atoms. The van der Waals surface area contributed by atoms with Crippen molar-refractivity contribution in [3.8, 4) is 0 Å². The zero-order valence-corrected chi connectivity index (χ0v) is 16.5. The number of aromatic nitrogens is 1. The number of rotatable bonds is 8. The summed E-state index contributed by atoms with van der Waals surface area (Å²) in [6.07, 6.45) is 4.34. The number of para-hydroxylation sites is 1. The van der Waals surface area contributed by atoms with Gasteiger partial charge in [0.2, 0.25) is 5.91 Å². The van der Waals surface area contributed by atoms with Crippen molar-refractivity contribution in [2.24, 2.45) is 0 Å². The Labute approximate surface area is 171 Å². The van der Waals surface area contributed by atoms with Gasteiger partial charge in [-0.2, -0.15) is 0 Å². The first-order valence-electron chi connectivity index (χ1n) is 10.2. The summed E-state index contributed by atoms with van der Waals surface area (Å²) in [5, 5.41) is 4.40. The van der Waals surface area contributed by atoms with Gasteiger partial charge in [0.05, 0.1) is 0 Å². The Balaban J connectivity index is 1.33. The van der Waals surface area contributed by atoms with Crippen molar-refractivity contribution in [3.05, 3.63) is 108 Å². The highest BCUT2D eigenvalue weighted by molar-refractivity contribution is 5.83. The van der Waals surface area contributed by atoms with E-state index < -0.39 is 0 Å². The second kappa shape index (κ2) is 9.24. The predicted molar refractivity (Wildman–Crippen MR) is 119 cm³/mol. The van der Waals surface area contributed by atoms with E-state index in [1.807, 2.05) is 42.5 Å². The van der Waals surface area contributed by atoms with Crippen LogP contribution in [0, 0.1) is 0 Å². The topological polar surface area (TPSA) is 44.9 Å². The van der Waals surface area contributed by atoms with Gasteiger partial charge >= 0.3 is 0 Å². The zero-order valence-electron chi connectivity index (χ0n) is 16.5. The highest BCUT2D eigenvalue weighted by Crippen LogP contribution is 2.24. The van der Waals surface area contributed by atoms with E-state index in [0.717, 1.165) is 18.4 Å². The molecule has 3 aromatic carbocycles. The molecule has 0 fully saturated rings. The van der Waals surface area contributed by atoms with Gasteiger partial charge in [-0.3, -0.25) is 4.79 Å². The van der Waals surface area contributed by atoms with Gasteiger partial charge in [0, 0.05) is 36.0 Å². The molecular formula is C26H26N2O. The maximum atomic E-state index is 12.5. The van der Waals surface area contributed by atoms with E-state index in [4.69, 9.17) is 0 Å². The van der Waals surface area contributed by atoms with Crippen molar-refractivity contribution in [2.45, 2.75) is 25.2 Å². The van der Waals surface area contributed by atoms with Gasteiger partial charge in [-0.1, -0.05) is 78.9 Å². The van der Waals surface area contributed by atoms with E-state index in [1.165, 1.54) is 22.1 Å². The minimum atomic E-state index is 0.113. The number of aryl methyl sites for hydroxylation is 1. The Morgan fingerprint density at radius 3 is 2.14 bits per heavy atom. The Kier molecular flexibility index (Phi) is 6.06. The second-order valence-electron chi connectivity index (χ2n) is 7.39. The molecule has 1 amide bonds. The molecule has 2 N–H and O–H groups in total. The Bertz CT molecular complexity index is 1010. The van der Waals surface area contributed by atoms with Gasteiger partial charge in [0.1, 0.15) is 0 Å². The third-order valence-electron chi connectivity index (χ3n) is 5.43. The molecule has 0 spiro atoms. The average molecular weight is 383 g/mol. The van der Waals surface area contributed by atoms with Crippen molar-refractivity contribution in [3.63, 3.8) is 0 Å². The molecule has 3 heteroatoms. The summed E-state index contributed by atoms with van der Waals surface area (Å²) in [6.45, 7) is 0.611. The lowest BCUT2D eigenvalue weighted by Crippen LogP contribution is -2.28. The monoisotopic (exact) mass is 382 g/mol. The molecule has 0 unspecified atom stereocenters. The number of amides is 1. The molecule has 4 aromatic rings. The van der Waals surface area contributed by atoms with E-state index in [9.17, 15) is 4.79 Å². The lowest BCUT2D eigenvalue weighted by molar-refractivity contribution is -0.121. The first kappa shape index (κ1) is 19.0. The van der Waals surface area contributed by atoms with E-state index >= 15 is 0 Å². The number of hydrogen-bond donors (Lipinski definition) is 2. The van der Waals surface area contributed by atoms with Crippen LogP contribution < -0.4 is 5.32 Å². The molecule has 0 radical (unpaired) electrons. The molecule has 146 valence electrons. The van der Waals surface area contributed by atoms with Gasteiger partial charge in [0.15, 0.2) is 0 Å². The summed E-state index contributed by atoms with van der Waals surface area (Å²) in [4.78, 5) is 15.8. The normalized spacial score (nSPS) is 11.1. The van der Waals surface area contributed by atoms with E-state index in [2.05, 4.69) is 59.0 Å². The Morgan fingerprint density at radius 2 is 1.45 bits per heavy atom. The molecule has 0 aliphatic carbocycles. The number of H-pyrrole nitrogens is 1. The van der Waals surface area contributed by atoms with Crippen LogP contribution in [0.25, 0.3) is 10.9 Å². The number of benzene rings is 3. The van der Waals surface area contributed by atoms with Crippen LogP contribution >= 0.6 is 0 Å². The Morgan fingerprint density at radius 1 is 0.828 bits per heavy atom. The summed E-state index contributed by atoms with van der Waals surface area (Å²) in [6, 6.07) is 29.0. The van der Waals surface area contributed by atoms with Crippen molar-refractivity contribution < 1.29 is 4.79 Å². The van der Waals surface area contributed by atoms with E-state index in [0.29, 0.717) is 13.0 Å². The fraction of sp³-hybridized carbons (Fsp3) is 0.192. The van der Waals surface area contributed by atoms with Crippen LogP contribution in [0.2, 0.25) is 0 Å². The minimum absolute atomic E-state index is 0.113. The number of carbonyl (C=O) groups excluding carboxylic acids is 1. The summed E-state index contributed by atoms with van der Waals surface area (Å²) >= 11 is 0. The first-order valence-corrected chi connectivity index (χ1v) is 10.2. The molecule has 0 saturated heterocycles. The first-order chi connectivity index (χ1) is 14.3. The van der Waals surface area contributed by atoms with Gasteiger partial charge in [0.25, 0.3) is 0 Å². The highest BCUT2D eigenvalue weighted by Gasteiger charge is 2.15.